The van der Waals surface area contributed by atoms with Crippen molar-refractivity contribution in [2.45, 2.75) is 6.92 Å². The Balaban J connectivity index is 1.82. The van der Waals surface area contributed by atoms with Gasteiger partial charge in [0.2, 0.25) is 5.95 Å². The summed E-state index contributed by atoms with van der Waals surface area (Å²) in [5.41, 5.74) is 1.24. The molecule has 25 heavy (non-hydrogen) atoms. The van der Waals surface area contributed by atoms with Crippen molar-refractivity contribution in [2.75, 3.05) is 10.6 Å². The molecule has 0 atom stereocenters. The van der Waals surface area contributed by atoms with Crippen LogP contribution in [0.3, 0.4) is 0 Å². The van der Waals surface area contributed by atoms with Gasteiger partial charge in [-0.3, -0.25) is 4.79 Å². The normalized spacial score (nSPS) is 10.4. The molecule has 0 bridgehead atoms. The Hall–Kier alpha value is -3.35. The van der Waals surface area contributed by atoms with Gasteiger partial charge in [-0.15, -0.1) is 0 Å². The summed E-state index contributed by atoms with van der Waals surface area (Å²) < 4.78 is 27.4. The van der Waals surface area contributed by atoms with Crippen molar-refractivity contribution in [1.29, 1.82) is 0 Å². The standard InChI is InChI=1S/C18H14F2N4O/c1-11-5-2-3-8-14(11)22-17(25)15-9-10-21-18(23-15)24-16-12(19)6-4-7-13(16)20/h2-10H,1H3,(H,22,25)(H,21,23,24). The van der Waals surface area contributed by atoms with E-state index in [9.17, 15) is 13.6 Å². The Morgan fingerprint density at radius 1 is 1.00 bits per heavy atom. The molecule has 0 spiro atoms. The molecule has 0 fully saturated rings. The number of anilines is 3. The molecule has 1 heterocycles. The number of halogens is 2. The van der Waals surface area contributed by atoms with Crippen LogP contribution in [0.4, 0.5) is 26.1 Å². The minimum Gasteiger partial charge on any atom is -0.320 e. The van der Waals surface area contributed by atoms with E-state index in [2.05, 4.69) is 20.6 Å². The molecule has 5 nitrogen and oxygen atoms in total. The van der Waals surface area contributed by atoms with E-state index in [0.717, 1.165) is 17.7 Å². The van der Waals surface area contributed by atoms with Gasteiger partial charge in [0.05, 0.1) is 0 Å². The molecule has 0 unspecified atom stereocenters. The number of hydrogen-bond acceptors (Lipinski definition) is 4. The fourth-order valence-corrected chi connectivity index (χ4v) is 2.17. The van der Waals surface area contributed by atoms with Gasteiger partial charge in [0, 0.05) is 11.9 Å². The number of aryl methyl sites for hydroxylation is 1. The van der Waals surface area contributed by atoms with Crippen molar-refractivity contribution < 1.29 is 13.6 Å². The zero-order chi connectivity index (χ0) is 17.8. The van der Waals surface area contributed by atoms with E-state index in [1.807, 2.05) is 19.1 Å². The minimum absolute atomic E-state index is 0.0671. The largest absolute Gasteiger partial charge is 0.320 e. The molecule has 0 saturated carbocycles. The average molecular weight is 340 g/mol. The number of nitrogens with one attached hydrogen (secondary N) is 2. The molecule has 1 aromatic heterocycles. The Labute approximate surface area is 142 Å². The van der Waals surface area contributed by atoms with E-state index in [4.69, 9.17) is 0 Å². The van der Waals surface area contributed by atoms with Gasteiger partial charge in [-0.2, -0.15) is 0 Å². The first-order valence-corrected chi connectivity index (χ1v) is 7.45. The van der Waals surface area contributed by atoms with Crippen LogP contribution in [0, 0.1) is 18.6 Å². The highest BCUT2D eigenvalue weighted by Crippen LogP contribution is 2.21. The van der Waals surface area contributed by atoms with Crippen LogP contribution in [-0.2, 0) is 0 Å². The fraction of sp³-hybridized carbons (Fsp3) is 0.0556. The first kappa shape index (κ1) is 16.5. The zero-order valence-electron chi connectivity index (χ0n) is 13.3. The maximum Gasteiger partial charge on any atom is 0.274 e. The second-order valence-corrected chi connectivity index (χ2v) is 5.26. The van der Waals surface area contributed by atoms with E-state index >= 15 is 0 Å². The van der Waals surface area contributed by atoms with E-state index in [-0.39, 0.29) is 17.3 Å². The summed E-state index contributed by atoms with van der Waals surface area (Å²) in [6.07, 6.45) is 1.33. The fourth-order valence-electron chi connectivity index (χ4n) is 2.17. The number of para-hydroxylation sites is 2. The minimum atomic E-state index is -0.779. The second kappa shape index (κ2) is 7.04. The van der Waals surface area contributed by atoms with Gasteiger partial charge in [0.15, 0.2) is 0 Å². The number of carbonyl (C=O) groups is 1. The van der Waals surface area contributed by atoms with E-state index in [0.29, 0.717) is 5.69 Å². The quantitative estimate of drug-likeness (QED) is 0.752. The van der Waals surface area contributed by atoms with Crippen LogP contribution in [0.25, 0.3) is 0 Å². The summed E-state index contributed by atoms with van der Waals surface area (Å²) >= 11 is 0. The SMILES string of the molecule is Cc1ccccc1NC(=O)c1ccnc(Nc2c(F)cccc2F)n1. The molecule has 126 valence electrons. The molecule has 3 aromatic rings. The van der Waals surface area contributed by atoms with Crippen LogP contribution in [0.5, 0.6) is 0 Å². The highest BCUT2D eigenvalue weighted by atomic mass is 19.1. The summed E-state index contributed by atoms with van der Waals surface area (Å²) in [4.78, 5) is 20.2. The molecule has 2 N–H and O–H groups in total. The molecular formula is C18H14F2N4O. The van der Waals surface area contributed by atoms with Crippen molar-refractivity contribution in [3.8, 4) is 0 Å². The number of carbonyl (C=O) groups excluding carboxylic acids is 1. The third-order valence-corrected chi connectivity index (χ3v) is 3.48. The molecule has 0 aliphatic heterocycles. The van der Waals surface area contributed by atoms with Crippen LogP contribution in [0.2, 0.25) is 0 Å². The van der Waals surface area contributed by atoms with Crippen LogP contribution >= 0.6 is 0 Å². The van der Waals surface area contributed by atoms with Gasteiger partial charge in [-0.1, -0.05) is 24.3 Å². The number of aromatic nitrogens is 2. The number of benzene rings is 2. The van der Waals surface area contributed by atoms with Crippen LogP contribution in [0.15, 0.2) is 54.7 Å². The summed E-state index contributed by atoms with van der Waals surface area (Å²) in [6.45, 7) is 1.86. The third-order valence-electron chi connectivity index (χ3n) is 3.48. The Kier molecular flexibility index (Phi) is 4.65. The van der Waals surface area contributed by atoms with Crippen molar-refractivity contribution in [3.63, 3.8) is 0 Å². The van der Waals surface area contributed by atoms with E-state index in [1.165, 1.54) is 18.3 Å². The second-order valence-electron chi connectivity index (χ2n) is 5.26. The summed E-state index contributed by atoms with van der Waals surface area (Å²) in [6, 6.07) is 12.2. The van der Waals surface area contributed by atoms with Gasteiger partial charge in [0.25, 0.3) is 5.91 Å². The van der Waals surface area contributed by atoms with Gasteiger partial charge in [-0.25, -0.2) is 18.7 Å². The maximum atomic E-state index is 13.7. The van der Waals surface area contributed by atoms with E-state index < -0.39 is 17.5 Å². The number of nitrogens with zero attached hydrogens (tertiary/aromatic N) is 2. The van der Waals surface area contributed by atoms with Gasteiger partial charge < -0.3 is 10.6 Å². The van der Waals surface area contributed by atoms with Crippen molar-refractivity contribution in [2.24, 2.45) is 0 Å². The first-order chi connectivity index (χ1) is 12.0. The summed E-state index contributed by atoms with van der Waals surface area (Å²) in [5, 5.41) is 5.19. The molecule has 0 radical (unpaired) electrons. The third kappa shape index (κ3) is 3.77. The van der Waals surface area contributed by atoms with Crippen LogP contribution in [0.1, 0.15) is 16.1 Å². The lowest BCUT2D eigenvalue weighted by Gasteiger charge is -2.10. The van der Waals surface area contributed by atoms with Crippen molar-refractivity contribution >= 4 is 23.2 Å². The number of hydrogen-bond donors (Lipinski definition) is 2. The lowest BCUT2D eigenvalue weighted by Crippen LogP contribution is -2.15. The molecule has 0 saturated heterocycles. The lowest BCUT2D eigenvalue weighted by molar-refractivity contribution is 0.102. The molecule has 0 aliphatic rings. The monoisotopic (exact) mass is 340 g/mol. The van der Waals surface area contributed by atoms with Gasteiger partial charge in [-0.05, 0) is 36.8 Å². The molecule has 1 amide bonds. The molecule has 0 aliphatic carbocycles. The maximum absolute atomic E-state index is 13.7. The predicted octanol–water partition coefficient (Wildman–Crippen LogP) is 4.06. The van der Waals surface area contributed by atoms with E-state index in [1.54, 1.807) is 12.1 Å². The summed E-state index contributed by atoms with van der Waals surface area (Å²) in [7, 11) is 0. The molecule has 2 aromatic carbocycles. The highest BCUT2D eigenvalue weighted by molar-refractivity contribution is 6.03. The molecular weight excluding hydrogens is 326 g/mol. The van der Waals surface area contributed by atoms with Crippen molar-refractivity contribution in [1.82, 2.24) is 9.97 Å². The lowest BCUT2D eigenvalue weighted by atomic mass is 10.2. The smallest absolute Gasteiger partial charge is 0.274 e. The van der Waals surface area contributed by atoms with Crippen molar-refractivity contribution in [3.05, 3.63) is 77.6 Å². The van der Waals surface area contributed by atoms with Gasteiger partial charge >= 0.3 is 0 Å². The number of rotatable bonds is 4. The Morgan fingerprint density at radius 3 is 2.44 bits per heavy atom. The number of amides is 1. The Morgan fingerprint density at radius 2 is 1.72 bits per heavy atom. The first-order valence-electron chi connectivity index (χ1n) is 7.45. The summed E-state index contributed by atoms with van der Waals surface area (Å²) in [5.74, 6) is -2.09. The Bertz CT molecular complexity index is 910. The average Bonchev–Trinajstić information content (AvgIpc) is 2.60. The predicted molar refractivity (Wildman–Crippen MR) is 90.8 cm³/mol. The highest BCUT2D eigenvalue weighted by Gasteiger charge is 2.13. The topological polar surface area (TPSA) is 66.9 Å². The van der Waals surface area contributed by atoms with Crippen LogP contribution < -0.4 is 10.6 Å². The van der Waals surface area contributed by atoms with Crippen LogP contribution in [-0.4, -0.2) is 15.9 Å². The molecule has 3 rings (SSSR count). The zero-order valence-corrected chi connectivity index (χ0v) is 13.3. The van der Waals surface area contributed by atoms with Gasteiger partial charge in [0.1, 0.15) is 23.0 Å². The molecule has 7 heteroatoms.